The number of esters is 1. The van der Waals surface area contributed by atoms with Crippen molar-refractivity contribution in [1.29, 1.82) is 5.39 Å². The van der Waals surface area contributed by atoms with Gasteiger partial charge in [0.1, 0.15) is 0 Å². The molecule has 27 heavy (non-hydrogen) atoms. The molecule has 0 heterocycles. The average molecular weight is 400 g/mol. The normalized spacial score (nSPS) is 11.6. The van der Waals surface area contributed by atoms with Crippen LogP contribution in [-0.4, -0.2) is 24.4 Å². The number of ether oxygens (including phenoxy) is 1. The van der Waals surface area contributed by atoms with Gasteiger partial charge in [0.05, 0.1) is 5.56 Å². The molecular weight excluding hydrogens is 389 g/mol. The van der Waals surface area contributed by atoms with Gasteiger partial charge in [0.15, 0.2) is 15.1 Å². The Morgan fingerprint density at radius 3 is 1.78 bits per heavy atom. The van der Waals surface area contributed by atoms with E-state index >= 15 is 0 Å². The molecule has 0 aromatic heterocycles. The average Bonchev–Trinajstić information content (AvgIpc) is 2.61. The van der Waals surface area contributed by atoms with Gasteiger partial charge in [-0.25, -0.2) is 13.2 Å². The first kappa shape index (κ1) is 21.8. The molecule has 0 bridgehead atoms. The lowest BCUT2D eigenvalue weighted by atomic mass is 10.2. The van der Waals surface area contributed by atoms with E-state index in [0.717, 1.165) is 6.20 Å². The number of halogens is 3. The Morgan fingerprint density at radius 1 is 1.00 bits per heavy atom. The number of carbonyl (C=O) groups excluding carboxylic acids is 1. The highest BCUT2D eigenvalue weighted by atomic mass is 32.2. The highest BCUT2D eigenvalue weighted by Gasteiger charge is 2.36. The van der Waals surface area contributed by atoms with Crippen molar-refractivity contribution in [2.75, 3.05) is 0 Å². The monoisotopic (exact) mass is 400 g/mol. The number of rotatable bonds is 3. The van der Waals surface area contributed by atoms with Gasteiger partial charge in [-0.1, -0.05) is 48.5 Å². The van der Waals surface area contributed by atoms with Crippen molar-refractivity contribution in [3.8, 4) is 0 Å². The molecule has 0 aliphatic rings. The van der Waals surface area contributed by atoms with Crippen LogP contribution in [0.4, 0.5) is 13.2 Å². The minimum atomic E-state index is -6.09. The third-order valence-corrected chi connectivity index (χ3v) is 3.30. The summed E-state index contributed by atoms with van der Waals surface area (Å²) in [5.74, 6) is -0.309. The largest absolute Gasteiger partial charge is 0.741 e. The molecule has 142 valence electrons. The van der Waals surface area contributed by atoms with Gasteiger partial charge in [-0.15, -0.1) is 0 Å². The highest BCUT2D eigenvalue weighted by Crippen LogP contribution is 2.20. The zero-order chi connectivity index (χ0) is 20.5. The molecule has 11 heteroatoms. The Kier molecular flexibility index (Phi) is 7.64. The van der Waals surface area contributed by atoms with Crippen molar-refractivity contribution in [1.82, 2.24) is 0 Å². The van der Waals surface area contributed by atoms with Crippen molar-refractivity contribution < 1.29 is 35.7 Å². The Hall–Kier alpha value is -3.23. The van der Waals surface area contributed by atoms with Gasteiger partial charge in [-0.3, -0.25) is 0 Å². The lowest BCUT2D eigenvalue weighted by molar-refractivity contribution is -0.0517. The van der Waals surface area contributed by atoms with Crippen LogP contribution in [0.1, 0.15) is 15.9 Å². The van der Waals surface area contributed by atoms with Crippen LogP contribution in [0.15, 0.2) is 66.9 Å². The lowest BCUT2D eigenvalue weighted by Gasteiger charge is -2.08. The molecule has 0 fully saturated rings. The molecule has 0 atom stereocenters. The Morgan fingerprint density at radius 2 is 1.41 bits per heavy atom. The smallest absolute Gasteiger partial charge is 0.485 e. The minimum absolute atomic E-state index is 0.192. The molecule has 7 nitrogen and oxygen atoms in total. The molecule has 0 unspecified atom stereocenters. The molecule has 2 aromatic rings. The van der Waals surface area contributed by atoms with Gasteiger partial charge in [0.2, 0.25) is 11.2 Å². The zero-order valence-electron chi connectivity index (χ0n) is 13.3. The first-order valence-corrected chi connectivity index (χ1v) is 8.36. The number of alkyl halides is 3. The number of hydrogen-bond acceptors (Lipinski definition) is 6. The van der Waals surface area contributed by atoms with Gasteiger partial charge < -0.3 is 9.29 Å². The zero-order valence-corrected chi connectivity index (χ0v) is 14.1. The van der Waals surface area contributed by atoms with Crippen molar-refractivity contribution >= 4 is 21.8 Å². The molecule has 0 spiro atoms. The molecule has 0 saturated carbocycles. The summed E-state index contributed by atoms with van der Waals surface area (Å²) in [4.78, 5) is 14.8. The van der Waals surface area contributed by atoms with Crippen LogP contribution in [0.5, 0.6) is 0 Å². The fourth-order valence-corrected chi connectivity index (χ4v) is 1.55. The molecule has 0 aliphatic carbocycles. The molecule has 0 amide bonds. The van der Waals surface area contributed by atoms with E-state index in [2.05, 4.69) is 4.98 Å². The summed E-state index contributed by atoms with van der Waals surface area (Å²) in [7, 11) is -6.09. The SMILES string of the molecule is N#[N+]/C=C(\OC(=O)c1ccccc1)c1ccccc1.O=S(=O)([O-])C(F)(F)F. The number of carbonyl (C=O) groups is 1. The third kappa shape index (κ3) is 7.27. The standard InChI is InChI=1S/C15H11N2O2.CHF3O3S/c16-17-11-14(12-7-3-1-4-8-12)19-15(18)13-9-5-2-6-10-13;2-1(3,4)8(5,6)7/h1-11H;(H,5,6,7)/q+1;/p-1/b14-11-;. The van der Waals surface area contributed by atoms with Crippen molar-refractivity contribution in [3.05, 3.63) is 83.0 Å². The van der Waals surface area contributed by atoms with Crippen LogP contribution >= 0.6 is 0 Å². The van der Waals surface area contributed by atoms with Crippen LogP contribution in [0, 0.1) is 5.39 Å². The van der Waals surface area contributed by atoms with Gasteiger partial charge in [-0.05, 0) is 12.1 Å². The molecule has 0 aliphatic heterocycles. The molecule has 0 saturated heterocycles. The number of nitrogens with zero attached hydrogens (tertiary/aromatic N) is 2. The Labute approximate surface area is 152 Å². The second kappa shape index (κ2) is 9.46. The maximum absolute atomic E-state index is 11.9. The minimum Gasteiger partial charge on any atom is -0.741 e. The summed E-state index contributed by atoms with van der Waals surface area (Å²) in [5.41, 5.74) is -4.56. The maximum Gasteiger partial charge on any atom is 0.485 e. The van der Waals surface area contributed by atoms with E-state index in [-0.39, 0.29) is 5.76 Å². The van der Waals surface area contributed by atoms with E-state index in [0.29, 0.717) is 11.1 Å². The Bertz CT molecular complexity index is 938. The summed E-state index contributed by atoms with van der Waals surface area (Å²) in [6.45, 7) is 0. The third-order valence-electron chi connectivity index (χ3n) is 2.73. The summed E-state index contributed by atoms with van der Waals surface area (Å²) < 4.78 is 64.1. The van der Waals surface area contributed by atoms with E-state index in [9.17, 15) is 18.0 Å². The fraction of sp³-hybridized carbons (Fsp3) is 0.0625. The van der Waals surface area contributed by atoms with Gasteiger partial charge >= 0.3 is 17.7 Å². The molecule has 0 N–H and O–H groups in total. The summed E-state index contributed by atoms with van der Waals surface area (Å²) in [6, 6.07) is 17.6. The molecule has 2 rings (SSSR count). The quantitative estimate of drug-likeness (QED) is 0.255. The van der Waals surface area contributed by atoms with Gasteiger partial charge in [0, 0.05) is 5.56 Å². The predicted octanol–water partition coefficient (Wildman–Crippen LogP) is 3.75. The first-order chi connectivity index (χ1) is 12.6. The van der Waals surface area contributed by atoms with E-state index < -0.39 is 21.6 Å². The molecule has 0 radical (unpaired) electrons. The number of diazo groups is 1. The van der Waals surface area contributed by atoms with E-state index in [4.69, 9.17) is 23.1 Å². The summed E-state index contributed by atoms with van der Waals surface area (Å²) in [5, 5.41) is 8.64. The van der Waals surface area contributed by atoms with Crippen molar-refractivity contribution in [3.63, 3.8) is 0 Å². The first-order valence-electron chi connectivity index (χ1n) is 6.95. The second-order valence-corrected chi connectivity index (χ2v) is 6.00. The molecular formula is C16H11F3N2O5S. The number of hydrogen-bond donors (Lipinski definition) is 0. The molecule has 2 aromatic carbocycles. The second-order valence-electron chi connectivity index (χ2n) is 4.63. The fourth-order valence-electron chi connectivity index (χ4n) is 1.55. The number of benzene rings is 2. The van der Waals surface area contributed by atoms with E-state index in [1.807, 2.05) is 12.1 Å². The van der Waals surface area contributed by atoms with E-state index in [1.165, 1.54) is 0 Å². The maximum atomic E-state index is 11.9. The Balaban J connectivity index is 0.000000387. The van der Waals surface area contributed by atoms with Crippen LogP contribution < -0.4 is 0 Å². The van der Waals surface area contributed by atoms with Crippen molar-refractivity contribution in [2.45, 2.75) is 5.51 Å². The van der Waals surface area contributed by atoms with Crippen molar-refractivity contribution in [2.24, 2.45) is 0 Å². The van der Waals surface area contributed by atoms with Crippen LogP contribution in [0.3, 0.4) is 0 Å². The summed E-state index contributed by atoms with van der Waals surface area (Å²) in [6.07, 6.45) is 1.09. The van der Waals surface area contributed by atoms with Gasteiger partial charge in [0.25, 0.3) is 0 Å². The van der Waals surface area contributed by atoms with Crippen LogP contribution in [0.2, 0.25) is 0 Å². The van der Waals surface area contributed by atoms with Gasteiger partial charge in [-0.2, -0.15) is 13.2 Å². The van der Waals surface area contributed by atoms with Crippen LogP contribution in [-0.2, 0) is 14.9 Å². The summed E-state index contributed by atoms with van der Waals surface area (Å²) >= 11 is 0. The lowest BCUT2D eigenvalue weighted by Crippen LogP contribution is -2.21. The topological polar surface area (TPSA) is 112 Å². The van der Waals surface area contributed by atoms with E-state index in [1.54, 1.807) is 48.5 Å². The van der Waals surface area contributed by atoms with Crippen LogP contribution in [0.25, 0.3) is 10.7 Å². The highest BCUT2D eigenvalue weighted by molar-refractivity contribution is 7.86. The predicted molar refractivity (Wildman–Crippen MR) is 87.1 cm³/mol.